The number of hydrogen-bond donors (Lipinski definition) is 1. The Morgan fingerprint density at radius 1 is 1.07 bits per heavy atom. The number of carbonyl (C=O) groups is 2. The fourth-order valence-corrected chi connectivity index (χ4v) is 2.91. The molecule has 2 atom stereocenters. The molecule has 0 aliphatic rings. The average Bonchev–Trinajstić information content (AvgIpc) is 2.72. The van der Waals surface area contributed by atoms with Crippen LogP contribution >= 0.6 is 0 Å². The number of nitrogens with one attached hydrogen (secondary N) is 1. The van der Waals surface area contributed by atoms with Crippen LogP contribution in [0.1, 0.15) is 43.9 Å². The number of nitrogens with zero attached hydrogens (tertiary/aromatic N) is 1. The lowest BCUT2D eigenvalue weighted by atomic mass is 10.1. The van der Waals surface area contributed by atoms with E-state index in [1.807, 2.05) is 76.2 Å². The standard InChI is InChI=1S/C24H32N2O3/c1-6-19(4)25-24(28)20(5)26(15-21-10-8-7-9-11-21)23(27)16-29-22-14-17(2)12-13-18(22)3/h7-14,19-20H,6,15-16H2,1-5H3,(H,25,28)/t19-,20-/m0/s1. The normalized spacial score (nSPS) is 12.7. The Hall–Kier alpha value is -2.82. The van der Waals surface area contributed by atoms with Gasteiger partial charge in [0.25, 0.3) is 5.91 Å². The Morgan fingerprint density at radius 3 is 2.41 bits per heavy atom. The van der Waals surface area contributed by atoms with E-state index in [-0.39, 0.29) is 24.5 Å². The van der Waals surface area contributed by atoms with E-state index in [1.54, 1.807) is 11.8 Å². The molecule has 156 valence electrons. The van der Waals surface area contributed by atoms with Crippen LogP contribution in [0.4, 0.5) is 0 Å². The van der Waals surface area contributed by atoms with Crippen LogP contribution < -0.4 is 10.1 Å². The zero-order valence-corrected chi connectivity index (χ0v) is 18.1. The number of amides is 2. The predicted octanol–water partition coefficient (Wildman–Crippen LogP) is 4.01. The summed E-state index contributed by atoms with van der Waals surface area (Å²) in [7, 11) is 0. The summed E-state index contributed by atoms with van der Waals surface area (Å²) in [6.45, 7) is 9.90. The fraction of sp³-hybridized carbons (Fsp3) is 0.417. The highest BCUT2D eigenvalue weighted by atomic mass is 16.5. The van der Waals surface area contributed by atoms with E-state index in [0.29, 0.717) is 12.3 Å². The fourth-order valence-electron chi connectivity index (χ4n) is 2.91. The van der Waals surface area contributed by atoms with Gasteiger partial charge in [0.15, 0.2) is 6.61 Å². The molecule has 2 aromatic rings. The third kappa shape index (κ3) is 6.63. The average molecular weight is 397 g/mol. The molecule has 0 aliphatic carbocycles. The van der Waals surface area contributed by atoms with Crippen molar-refractivity contribution in [1.29, 1.82) is 0 Å². The van der Waals surface area contributed by atoms with E-state index in [0.717, 1.165) is 23.1 Å². The summed E-state index contributed by atoms with van der Waals surface area (Å²) in [4.78, 5) is 27.3. The summed E-state index contributed by atoms with van der Waals surface area (Å²) in [5.74, 6) is 0.312. The van der Waals surface area contributed by atoms with Gasteiger partial charge in [0.05, 0.1) is 0 Å². The number of rotatable bonds is 9. The predicted molar refractivity (Wildman–Crippen MR) is 116 cm³/mol. The van der Waals surface area contributed by atoms with Crippen molar-refractivity contribution in [3.8, 4) is 5.75 Å². The summed E-state index contributed by atoms with van der Waals surface area (Å²) >= 11 is 0. The molecule has 2 amide bonds. The van der Waals surface area contributed by atoms with Crippen molar-refractivity contribution >= 4 is 11.8 Å². The van der Waals surface area contributed by atoms with Gasteiger partial charge in [-0.1, -0.05) is 49.4 Å². The SMILES string of the molecule is CC[C@H](C)NC(=O)[C@H](C)N(Cc1ccccc1)C(=O)COc1cc(C)ccc1C. The van der Waals surface area contributed by atoms with Crippen LogP contribution in [0.5, 0.6) is 5.75 Å². The van der Waals surface area contributed by atoms with Crippen molar-refractivity contribution in [2.75, 3.05) is 6.61 Å². The van der Waals surface area contributed by atoms with E-state index in [1.165, 1.54) is 0 Å². The summed E-state index contributed by atoms with van der Waals surface area (Å²) in [5.41, 5.74) is 3.01. The van der Waals surface area contributed by atoms with Crippen LogP contribution in [-0.2, 0) is 16.1 Å². The number of ether oxygens (including phenoxy) is 1. The van der Waals surface area contributed by atoms with Crippen LogP contribution in [-0.4, -0.2) is 35.4 Å². The second-order valence-electron chi connectivity index (χ2n) is 7.56. The van der Waals surface area contributed by atoms with Gasteiger partial charge in [-0.15, -0.1) is 0 Å². The molecule has 0 saturated heterocycles. The Balaban J connectivity index is 2.15. The van der Waals surface area contributed by atoms with Gasteiger partial charge in [-0.3, -0.25) is 9.59 Å². The molecule has 0 radical (unpaired) electrons. The molecule has 0 aromatic heterocycles. The van der Waals surface area contributed by atoms with Gasteiger partial charge >= 0.3 is 0 Å². The third-order valence-corrected chi connectivity index (χ3v) is 5.06. The zero-order valence-electron chi connectivity index (χ0n) is 18.1. The smallest absolute Gasteiger partial charge is 0.261 e. The molecule has 0 heterocycles. The summed E-state index contributed by atoms with van der Waals surface area (Å²) in [6.07, 6.45) is 0.834. The van der Waals surface area contributed by atoms with Crippen molar-refractivity contribution in [2.45, 2.75) is 59.7 Å². The van der Waals surface area contributed by atoms with Crippen molar-refractivity contribution in [3.05, 3.63) is 65.2 Å². The van der Waals surface area contributed by atoms with E-state index in [2.05, 4.69) is 5.32 Å². The second-order valence-corrected chi connectivity index (χ2v) is 7.56. The van der Waals surface area contributed by atoms with E-state index >= 15 is 0 Å². The van der Waals surface area contributed by atoms with Gasteiger partial charge in [-0.25, -0.2) is 0 Å². The molecule has 2 rings (SSSR count). The van der Waals surface area contributed by atoms with Gasteiger partial charge in [-0.05, 0) is 56.9 Å². The number of hydrogen-bond acceptors (Lipinski definition) is 3. The molecule has 0 aliphatic heterocycles. The largest absolute Gasteiger partial charge is 0.483 e. The van der Waals surface area contributed by atoms with Crippen LogP contribution in [0.2, 0.25) is 0 Å². The van der Waals surface area contributed by atoms with Crippen LogP contribution in [0.15, 0.2) is 48.5 Å². The molecule has 0 saturated carbocycles. The van der Waals surface area contributed by atoms with Gasteiger partial charge in [0.2, 0.25) is 5.91 Å². The minimum absolute atomic E-state index is 0.0600. The molecular weight excluding hydrogens is 364 g/mol. The summed E-state index contributed by atoms with van der Waals surface area (Å²) in [6, 6.07) is 15.0. The van der Waals surface area contributed by atoms with Crippen molar-refractivity contribution < 1.29 is 14.3 Å². The second kappa shape index (κ2) is 10.6. The third-order valence-electron chi connectivity index (χ3n) is 5.06. The molecule has 1 N–H and O–H groups in total. The summed E-state index contributed by atoms with van der Waals surface area (Å²) < 4.78 is 5.81. The van der Waals surface area contributed by atoms with Gasteiger partial charge in [-0.2, -0.15) is 0 Å². The molecule has 5 nitrogen and oxygen atoms in total. The maximum atomic E-state index is 13.0. The minimum atomic E-state index is -0.598. The highest BCUT2D eigenvalue weighted by Crippen LogP contribution is 2.19. The lowest BCUT2D eigenvalue weighted by molar-refractivity contribution is -0.142. The molecule has 0 unspecified atom stereocenters. The van der Waals surface area contributed by atoms with Crippen LogP contribution in [0.3, 0.4) is 0 Å². The first-order chi connectivity index (χ1) is 13.8. The van der Waals surface area contributed by atoms with E-state index in [9.17, 15) is 9.59 Å². The zero-order chi connectivity index (χ0) is 21.4. The quantitative estimate of drug-likeness (QED) is 0.697. The highest BCUT2D eigenvalue weighted by molar-refractivity contribution is 5.88. The first-order valence-corrected chi connectivity index (χ1v) is 10.2. The molecule has 5 heteroatoms. The first kappa shape index (κ1) is 22.5. The number of aryl methyl sites for hydroxylation is 2. The topological polar surface area (TPSA) is 58.6 Å². The Kier molecular flexibility index (Phi) is 8.25. The Morgan fingerprint density at radius 2 is 1.76 bits per heavy atom. The van der Waals surface area contributed by atoms with E-state index < -0.39 is 6.04 Å². The molecule has 0 spiro atoms. The molecule has 29 heavy (non-hydrogen) atoms. The monoisotopic (exact) mass is 396 g/mol. The Labute approximate surface area is 174 Å². The molecule has 0 bridgehead atoms. The molecule has 0 fully saturated rings. The maximum absolute atomic E-state index is 13.0. The van der Waals surface area contributed by atoms with Gasteiger partial charge < -0.3 is 15.0 Å². The lowest BCUT2D eigenvalue weighted by Crippen LogP contribution is -2.50. The van der Waals surface area contributed by atoms with Gasteiger partial charge in [0.1, 0.15) is 11.8 Å². The molecule has 2 aromatic carbocycles. The van der Waals surface area contributed by atoms with Crippen molar-refractivity contribution in [1.82, 2.24) is 10.2 Å². The first-order valence-electron chi connectivity index (χ1n) is 10.2. The van der Waals surface area contributed by atoms with Crippen molar-refractivity contribution in [3.63, 3.8) is 0 Å². The maximum Gasteiger partial charge on any atom is 0.261 e. The van der Waals surface area contributed by atoms with Crippen LogP contribution in [0.25, 0.3) is 0 Å². The number of carbonyl (C=O) groups excluding carboxylic acids is 2. The highest BCUT2D eigenvalue weighted by Gasteiger charge is 2.27. The van der Waals surface area contributed by atoms with E-state index in [4.69, 9.17) is 4.74 Å². The van der Waals surface area contributed by atoms with Crippen molar-refractivity contribution in [2.24, 2.45) is 0 Å². The minimum Gasteiger partial charge on any atom is -0.483 e. The van der Waals surface area contributed by atoms with Crippen LogP contribution in [0, 0.1) is 13.8 Å². The Bertz CT molecular complexity index is 820. The lowest BCUT2D eigenvalue weighted by Gasteiger charge is -2.29. The summed E-state index contributed by atoms with van der Waals surface area (Å²) in [5, 5.41) is 2.97. The molecular formula is C24H32N2O3. The van der Waals surface area contributed by atoms with Gasteiger partial charge in [0, 0.05) is 12.6 Å². The number of benzene rings is 2.